The van der Waals surface area contributed by atoms with E-state index >= 15 is 0 Å². The first kappa shape index (κ1) is 21.7. The number of nitriles is 1. The molecule has 2 rings (SSSR count). The van der Waals surface area contributed by atoms with E-state index in [1.807, 2.05) is 26.0 Å². The second-order valence-electron chi connectivity index (χ2n) is 6.52. The van der Waals surface area contributed by atoms with Crippen molar-refractivity contribution in [1.82, 2.24) is 9.55 Å². The first-order valence-electron chi connectivity index (χ1n) is 8.98. The predicted molar refractivity (Wildman–Crippen MR) is 110 cm³/mol. The zero-order valence-electron chi connectivity index (χ0n) is 16.3. The van der Waals surface area contributed by atoms with E-state index in [1.54, 1.807) is 22.8 Å². The summed E-state index contributed by atoms with van der Waals surface area (Å²) in [6.45, 7) is 6.37. The van der Waals surface area contributed by atoms with E-state index in [0.717, 1.165) is 11.8 Å². The predicted octanol–water partition coefficient (Wildman–Crippen LogP) is 2.63. The number of carbonyl (C=O) groups excluding carboxylic acids is 1. The van der Waals surface area contributed by atoms with E-state index in [4.69, 9.17) is 15.7 Å². The van der Waals surface area contributed by atoms with Gasteiger partial charge in [-0.1, -0.05) is 23.9 Å². The number of aromatic nitrogens is 2. The lowest BCUT2D eigenvalue weighted by Gasteiger charge is -2.13. The minimum atomic E-state index is -0.385. The third kappa shape index (κ3) is 5.44. The average Bonchev–Trinajstić information content (AvgIpc) is 2.65. The molecular formula is C20H24N4O3S. The van der Waals surface area contributed by atoms with Crippen LogP contribution in [0.25, 0.3) is 10.9 Å². The molecule has 0 atom stereocenters. The number of fused-ring (bicyclic) bond motifs is 1. The molecule has 0 aliphatic rings. The monoisotopic (exact) mass is 400 g/mol. The number of nitrogens with zero attached hydrogens (tertiary/aromatic N) is 3. The number of ketones is 1. The minimum absolute atomic E-state index is 0.0231. The van der Waals surface area contributed by atoms with Crippen molar-refractivity contribution < 1.29 is 9.53 Å². The van der Waals surface area contributed by atoms with Crippen molar-refractivity contribution in [2.75, 3.05) is 12.4 Å². The number of nitrogens with two attached hydrogens (primary N) is 1. The summed E-state index contributed by atoms with van der Waals surface area (Å²) in [5.74, 6) is -0.408. The molecule has 28 heavy (non-hydrogen) atoms. The Bertz CT molecular complexity index is 985. The number of ether oxygens (including phenoxy) is 1. The van der Waals surface area contributed by atoms with Crippen LogP contribution in [0.15, 0.2) is 45.5 Å². The van der Waals surface area contributed by atoms with Crippen molar-refractivity contribution in [3.63, 3.8) is 0 Å². The molecule has 0 unspecified atom stereocenters. The SMILES string of the molecule is CC(N)=C(C#N)C(=O)CSc1nc2ccccc2c(=O)n1CCCOC(C)C. The van der Waals surface area contributed by atoms with Crippen LogP contribution in [-0.4, -0.2) is 33.8 Å². The summed E-state index contributed by atoms with van der Waals surface area (Å²) in [6.07, 6.45) is 0.763. The van der Waals surface area contributed by atoms with Gasteiger partial charge in [-0.25, -0.2) is 4.98 Å². The molecule has 8 heteroatoms. The van der Waals surface area contributed by atoms with Crippen molar-refractivity contribution in [3.05, 3.63) is 45.9 Å². The quantitative estimate of drug-likeness (QED) is 0.226. The van der Waals surface area contributed by atoms with Crippen molar-refractivity contribution in [2.24, 2.45) is 5.73 Å². The van der Waals surface area contributed by atoms with E-state index in [0.29, 0.717) is 35.6 Å². The molecule has 0 spiro atoms. The highest BCUT2D eigenvalue weighted by atomic mass is 32.2. The van der Waals surface area contributed by atoms with Gasteiger partial charge in [-0.05, 0) is 39.3 Å². The van der Waals surface area contributed by atoms with Gasteiger partial charge in [0.2, 0.25) is 0 Å². The molecule has 1 aromatic heterocycles. The molecule has 1 aromatic carbocycles. The van der Waals surface area contributed by atoms with Crippen LogP contribution in [0, 0.1) is 11.3 Å². The van der Waals surface area contributed by atoms with Gasteiger partial charge in [-0.15, -0.1) is 0 Å². The summed E-state index contributed by atoms with van der Waals surface area (Å²) in [5, 5.41) is 10.1. The molecule has 0 bridgehead atoms. The molecule has 7 nitrogen and oxygen atoms in total. The highest BCUT2D eigenvalue weighted by molar-refractivity contribution is 7.99. The topological polar surface area (TPSA) is 111 Å². The van der Waals surface area contributed by atoms with Crippen molar-refractivity contribution >= 4 is 28.4 Å². The zero-order valence-corrected chi connectivity index (χ0v) is 17.1. The number of allylic oxidation sites excluding steroid dienone is 2. The van der Waals surface area contributed by atoms with Gasteiger partial charge in [0.25, 0.3) is 5.56 Å². The molecule has 148 valence electrons. The number of benzene rings is 1. The second kappa shape index (κ2) is 10.1. The number of hydrogen-bond donors (Lipinski definition) is 1. The summed E-state index contributed by atoms with van der Waals surface area (Å²) < 4.78 is 7.11. The van der Waals surface area contributed by atoms with Crippen LogP contribution in [0.1, 0.15) is 27.2 Å². The fraction of sp³-hybridized carbons (Fsp3) is 0.400. The van der Waals surface area contributed by atoms with E-state index in [1.165, 1.54) is 6.92 Å². The van der Waals surface area contributed by atoms with E-state index in [9.17, 15) is 9.59 Å². The lowest BCUT2D eigenvalue weighted by Crippen LogP contribution is -2.25. The maximum Gasteiger partial charge on any atom is 0.262 e. The van der Waals surface area contributed by atoms with Gasteiger partial charge in [-0.2, -0.15) is 5.26 Å². The van der Waals surface area contributed by atoms with Crippen LogP contribution in [0.4, 0.5) is 0 Å². The molecule has 0 aliphatic heterocycles. The van der Waals surface area contributed by atoms with Crippen LogP contribution < -0.4 is 11.3 Å². The first-order valence-corrected chi connectivity index (χ1v) is 9.97. The second-order valence-corrected chi connectivity index (χ2v) is 7.47. The Morgan fingerprint density at radius 3 is 2.75 bits per heavy atom. The summed E-state index contributed by atoms with van der Waals surface area (Å²) in [4.78, 5) is 29.7. The largest absolute Gasteiger partial charge is 0.401 e. The number of rotatable bonds is 9. The van der Waals surface area contributed by atoms with Gasteiger partial charge in [0.05, 0.1) is 22.8 Å². The smallest absolute Gasteiger partial charge is 0.262 e. The molecular weight excluding hydrogens is 376 g/mol. The number of carbonyl (C=O) groups is 1. The maximum absolute atomic E-state index is 12.9. The van der Waals surface area contributed by atoms with Crippen LogP contribution in [-0.2, 0) is 16.1 Å². The van der Waals surface area contributed by atoms with Gasteiger partial charge < -0.3 is 10.5 Å². The van der Waals surface area contributed by atoms with Gasteiger partial charge in [0.15, 0.2) is 10.9 Å². The zero-order chi connectivity index (χ0) is 20.7. The fourth-order valence-electron chi connectivity index (χ4n) is 2.57. The van der Waals surface area contributed by atoms with Gasteiger partial charge in [0.1, 0.15) is 11.6 Å². The molecule has 2 N–H and O–H groups in total. The summed E-state index contributed by atoms with van der Waals surface area (Å²) in [5.41, 5.74) is 6.13. The first-order chi connectivity index (χ1) is 13.3. The molecule has 0 saturated heterocycles. The van der Waals surface area contributed by atoms with Crippen LogP contribution in [0.5, 0.6) is 0 Å². The van der Waals surface area contributed by atoms with Crippen molar-refractivity contribution in [2.45, 2.75) is 45.0 Å². The summed E-state index contributed by atoms with van der Waals surface area (Å²) >= 11 is 1.13. The Morgan fingerprint density at radius 2 is 2.11 bits per heavy atom. The Balaban J connectivity index is 2.30. The summed E-state index contributed by atoms with van der Waals surface area (Å²) in [6, 6.07) is 8.93. The Kier molecular flexibility index (Phi) is 7.79. The Hall–Kier alpha value is -2.63. The highest BCUT2D eigenvalue weighted by Crippen LogP contribution is 2.19. The van der Waals surface area contributed by atoms with E-state index in [2.05, 4.69) is 4.98 Å². The van der Waals surface area contributed by atoms with E-state index < -0.39 is 0 Å². The van der Waals surface area contributed by atoms with Crippen molar-refractivity contribution in [1.29, 1.82) is 5.26 Å². The molecule has 0 radical (unpaired) electrons. The fourth-order valence-corrected chi connectivity index (χ4v) is 3.47. The average molecular weight is 401 g/mol. The van der Waals surface area contributed by atoms with Gasteiger partial charge in [-0.3, -0.25) is 14.2 Å². The molecule has 0 amide bonds. The number of thioether (sulfide) groups is 1. The lowest BCUT2D eigenvalue weighted by atomic mass is 10.2. The Labute approximate surface area is 168 Å². The molecule has 0 saturated carbocycles. The third-order valence-electron chi connectivity index (χ3n) is 3.92. The molecule has 1 heterocycles. The molecule has 0 aliphatic carbocycles. The van der Waals surface area contributed by atoms with Crippen LogP contribution in [0.3, 0.4) is 0 Å². The lowest BCUT2D eigenvalue weighted by molar-refractivity contribution is -0.112. The number of Topliss-reactive ketones (excluding diaryl/α,β-unsaturated/α-hetero) is 1. The third-order valence-corrected chi connectivity index (χ3v) is 4.90. The minimum Gasteiger partial charge on any atom is -0.401 e. The standard InChI is InChI=1S/C20H24N4O3S/c1-13(2)27-10-6-9-24-19(26)15-7-4-5-8-17(15)23-20(24)28-12-18(25)16(11-21)14(3)22/h4-5,7-8,13H,6,9-10,12,22H2,1-3H3. The van der Waals surface area contributed by atoms with Gasteiger partial charge >= 0.3 is 0 Å². The van der Waals surface area contributed by atoms with Gasteiger partial charge in [0, 0.05) is 18.8 Å². The highest BCUT2D eigenvalue weighted by Gasteiger charge is 2.16. The number of hydrogen-bond acceptors (Lipinski definition) is 7. The summed E-state index contributed by atoms with van der Waals surface area (Å²) in [7, 11) is 0. The van der Waals surface area contributed by atoms with E-state index in [-0.39, 0.29) is 34.5 Å². The van der Waals surface area contributed by atoms with Crippen molar-refractivity contribution in [3.8, 4) is 6.07 Å². The maximum atomic E-state index is 12.9. The van der Waals surface area contributed by atoms with Crippen LogP contribution >= 0.6 is 11.8 Å². The molecule has 0 fully saturated rings. The normalized spacial score (nSPS) is 12.1. The Morgan fingerprint density at radius 1 is 1.39 bits per heavy atom. The van der Waals surface area contributed by atoms with Crippen LogP contribution in [0.2, 0.25) is 0 Å². The molecule has 2 aromatic rings. The number of para-hydroxylation sites is 1.